The largest absolute Gasteiger partial charge is 0.507 e. The second-order valence-corrected chi connectivity index (χ2v) is 6.81. The maximum Gasteiger partial charge on any atom is 0.124 e. The van der Waals surface area contributed by atoms with Gasteiger partial charge in [0.1, 0.15) is 5.75 Å². The Bertz CT molecular complexity index is 700. The summed E-state index contributed by atoms with van der Waals surface area (Å²) in [5, 5.41) is 10.2. The van der Waals surface area contributed by atoms with Crippen molar-refractivity contribution in [2.24, 2.45) is 4.99 Å². The lowest BCUT2D eigenvalue weighted by Gasteiger charge is -2.17. The van der Waals surface area contributed by atoms with Crippen LogP contribution in [-0.2, 0) is 0 Å². The molecule has 0 bridgehead atoms. The minimum Gasteiger partial charge on any atom is -0.507 e. The van der Waals surface area contributed by atoms with Crippen molar-refractivity contribution in [2.75, 3.05) is 0 Å². The van der Waals surface area contributed by atoms with Gasteiger partial charge in [-0.3, -0.25) is 4.99 Å². The van der Waals surface area contributed by atoms with Crippen LogP contribution >= 0.6 is 0 Å². The third-order valence-electron chi connectivity index (χ3n) is 4.16. The Morgan fingerprint density at radius 1 is 0.957 bits per heavy atom. The molecule has 23 heavy (non-hydrogen) atoms. The maximum atomic E-state index is 10.2. The predicted molar refractivity (Wildman–Crippen MR) is 99.3 cm³/mol. The summed E-state index contributed by atoms with van der Waals surface area (Å²) >= 11 is 0. The molecular weight excluding hydrogens is 282 g/mol. The van der Waals surface area contributed by atoms with Gasteiger partial charge in [-0.2, -0.15) is 0 Å². The van der Waals surface area contributed by atoms with Crippen LogP contribution in [-0.4, -0.2) is 10.8 Å². The van der Waals surface area contributed by atoms with Crippen molar-refractivity contribution in [3.05, 3.63) is 58.7 Å². The second kappa shape index (κ2) is 6.99. The Hall–Kier alpha value is -2.09. The fraction of sp³-hybridized carbons (Fsp3) is 0.381. The van der Waals surface area contributed by atoms with E-state index in [4.69, 9.17) is 4.99 Å². The van der Waals surface area contributed by atoms with Crippen LogP contribution in [0.5, 0.6) is 5.75 Å². The predicted octanol–water partition coefficient (Wildman–Crippen LogP) is 6.09. The summed E-state index contributed by atoms with van der Waals surface area (Å²) in [6.07, 6.45) is 0. The van der Waals surface area contributed by atoms with Crippen LogP contribution in [0, 0.1) is 6.92 Å². The summed E-state index contributed by atoms with van der Waals surface area (Å²) in [6.45, 7) is 12.8. The summed E-state index contributed by atoms with van der Waals surface area (Å²) < 4.78 is 0. The number of hydrogen-bond acceptors (Lipinski definition) is 2. The molecule has 1 N–H and O–H groups in total. The lowest BCUT2D eigenvalue weighted by atomic mass is 9.92. The molecule has 0 unspecified atom stereocenters. The van der Waals surface area contributed by atoms with Crippen LogP contribution in [0.1, 0.15) is 68.7 Å². The van der Waals surface area contributed by atoms with E-state index in [1.807, 2.05) is 26.0 Å². The van der Waals surface area contributed by atoms with Crippen molar-refractivity contribution < 1.29 is 5.11 Å². The maximum absolute atomic E-state index is 10.2. The number of aryl methyl sites for hydroxylation is 1. The number of nitrogens with zero attached hydrogens (tertiary/aromatic N) is 1. The van der Waals surface area contributed by atoms with Gasteiger partial charge in [0.05, 0.1) is 5.69 Å². The van der Waals surface area contributed by atoms with Gasteiger partial charge < -0.3 is 5.11 Å². The molecule has 0 aromatic heterocycles. The molecule has 2 aromatic rings. The first-order valence-corrected chi connectivity index (χ1v) is 8.29. The van der Waals surface area contributed by atoms with Crippen LogP contribution in [0.3, 0.4) is 0 Å². The molecule has 2 heteroatoms. The molecule has 0 amide bonds. The molecule has 0 heterocycles. The molecule has 0 fully saturated rings. The van der Waals surface area contributed by atoms with Gasteiger partial charge in [-0.05, 0) is 48.9 Å². The van der Waals surface area contributed by atoms with Gasteiger partial charge in [0.15, 0.2) is 0 Å². The highest BCUT2D eigenvalue weighted by Crippen LogP contribution is 2.35. The minimum absolute atomic E-state index is 0.282. The molecule has 0 aliphatic carbocycles. The molecule has 2 rings (SSSR count). The van der Waals surface area contributed by atoms with Gasteiger partial charge >= 0.3 is 0 Å². The minimum atomic E-state index is 0.282. The normalized spacial score (nSPS) is 12.3. The third kappa shape index (κ3) is 3.82. The molecule has 0 aliphatic rings. The molecule has 2 aromatic carbocycles. The summed E-state index contributed by atoms with van der Waals surface area (Å²) in [6, 6.07) is 12.1. The van der Waals surface area contributed by atoms with Crippen molar-refractivity contribution in [3.63, 3.8) is 0 Å². The Kier molecular flexibility index (Phi) is 5.25. The molecule has 122 valence electrons. The van der Waals surface area contributed by atoms with E-state index in [0.29, 0.717) is 11.8 Å². The fourth-order valence-electron chi connectivity index (χ4n) is 2.81. The standard InChI is InChI=1S/C21H27NO/c1-13(2)17-8-7-9-18(14(3)4)21(17)22-16(6)19-12-15(5)10-11-20(19)23/h7-14,23H,1-6H3. The van der Waals surface area contributed by atoms with Gasteiger partial charge in [0, 0.05) is 11.3 Å². The van der Waals surface area contributed by atoms with E-state index >= 15 is 0 Å². The SMILES string of the molecule is CC(=Nc1c(C(C)C)cccc1C(C)C)c1cc(C)ccc1O. The van der Waals surface area contributed by atoms with Gasteiger partial charge in [-0.25, -0.2) is 0 Å². The van der Waals surface area contributed by atoms with Crippen molar-refractivity contribution >= 4 is 11.4 Å². The van der Waals surface area contributed by atoms with Crippen molar-refractivity contribution in [1.82, 2.24) is 0 Å². The average molecular weight is 309 g/mol. The monoisotopic (exact) mass is 309 g/mol. The van der Waals surface area contributed by atoms with Crippen molar-refractivity contribution in [1.29, 1.82) is 0 Å². The van der Waals surface area contributed by atoms with E-state index in [2.05, 4.69) is 45.9 Å². The van der Waals surface area contributed by atoms with Crippen molar-refractivity contribution in [3.8, 4) is 5.75 Å². The first-order valence-electron chi connectivity index (χ1n) is 8.29. The number of benzene rings is 2. The Morgan fingerprint density at radius 2 is 1.52 bits per heavy atom. The third-order valence-corrected chi connectivity index (χ3v) is 4.16. The highest BCUT2D eigenvalue weighted by atomic mass is 16.3. The number of aromatic hydroxyl groups is 1. The zero-order valence-electron chi connectivity index (χ0n) is 15.0. The van der Waals surface area contributed by atoms with E-state index in [-0.39, 0.29) is 5.75 Å². The highest BCUT2D eigenvalue weighted by molar-refractivity contribution is 6.02. The van der Waals surface area contributed by atoms with Crippen LogP contribution in [0.25, 0.3) is 0 Å². The first-order chi connectivity index (χ1) is 10.8. The van der Waals surface area contributed by atoms with Gasteiger partial charge in [0.2, 0.25) is 0 Å². The van der Waals surface area contributed by atoms with E-state index in [1.54, 1.807) is 6.07 Å². The van der Waals surface area contributed by atoms with Crippen LogP contribution in [0.2, 0.25) is 0 Å². The molecule has 0 spiro atoms. The Morgan fingerprint density at radius 3 is 2.04 bits per heavy atom. The topological polar surface area (TPSA) is 32.6 Å². The molecule has 0 aliphatic heterocycles. The Balaban J connectivity index is 2.63. The number of phenolic OH excluding ortho intramolecular Hbond substituents is 1. The second-order valence-electron chi connectivity index (χ2n) is 6.81. The molecule has 0 radical (unpaired) electrons. The number of phenols is 1. The zero-order chi connectivity index (χ0) is 17.1. The number of aliphatic imine (C=N–C) groups is 1. The Labute approximate surface area is 139 Å². The van der Waals surface area contributed by atoms with Crippen LogP contribution < -0.4 is 0 Å². The number of hydrogen-bond donors (Lipinski definition) is 1. The smallest absolute Gasteiger partial charge is 0.124 e. The zero-order valence-corrected chi connectivity index (χ0v) is 15.0. The highest BCUT2D eigenvalue weighted by Gasteiger charge is 2.14. The molecule has 0 saturated heterocycles. The van der Waals surface area contributed by atoms with Gasteiger partial charge in [-0.15, -0.1) is 0 Å². The summed E-state index contributed by atoms with van der Waals surface area (Å²) in [7, 11) is 0. The van der Waals surface area contributed by atoms with E-state index in [0.717, 1.165) is 22.5 Å². The van der Waals surface area contributed by atoms with Gasteiger partial charge in [-0.1, -0.05) is 57.5 Å². The number of rotatable bonds is 4. The van der Waals surface area contributed by atoms with E-state index < -0.39 is 0 Å². The van der Waals surface area contributed by atoms with E-state index in [9.17, 15) is 5.11 Å². The first kappa shape index (κ1) is 17.3. The van der Waals surface area contributed by atoms with Crippen LogP contribution in [0.15, 0.2) is 41.4 Å². The molecule has 2 nitrogen and oxygen atoms in total. The lowest BCUT2D eigenvalue weighted by molar-refractivity contribution is 0.474. The lowest BCUT2D eigenvalue weighted by Crippen LogP contribution is -2.00. The van der Waals surface area contributed by atoms with E-state index in [1.165, 1.54) is 11.1 Å². The summed E-state index contributed by atoms with van der Waals surface area (Å²) in [4.78, 5) is 4.93. The molecular formula is C21H27NO. The fourth-order valence-corrected chi connectivity index (χ4v) is 2.81. The molecule has 0 atom stereocenters. The molecule has 0 saturated carbocycles. The number of para-hydroxylation sites is 1. The average Bonchev–Trinajstić information content (AvgIpc) is 2.49. The van der Waals surface area contributed by atoms with Crippen molar-refractivity contribution in [2.45, 2.75) is 53.4 Å². The summed E-state index contributed by atoms with van der Waals surface area (Å²) in [5.41, 5.74) is 6.33. The summed E-state index contributed by atoms with van der Waals surface area (Å²) in [5.74, 6) is 1.10. The van der Waals surface area contributed by atoms with Gasteiger partial charge in [0.25, 0.3) is 0 Å². The van der Waals surface area contributed by atoms with Crippen LogP contribution in [0.4, 0.5) is 5.69 Å². The quantitative estimate of drug-likeness (QED) is 0.681.